The van der Waals surface area contributed by atoms with Crippen molar-refractivity contribution in [3.05, 3.63) is 75.7 Å². The molecule has 0 aliphatic rings. The Bertz CT molecular complexity index is 1320. The van der Waals surface area contributed by atoms with E-state index in [2.05, 4.69) is 5.10 Å². The van der Waals surface area contributed by atoms with Crippen LogP contribution in [0.1, 0.15) is 11.3 Å². The number of halogens is 2. The highest BCUT2D eigenvalue weighted by atomic mass is 19.1. The van der Waals surface area contributed by atoms with Crippen LogP contribution >= 0.6 is 0 Å². The molecular weight excluding hydrogens is 376 g/mol. The third-order valence-electron chi connectivity index (χ3n) is 5.10. The second-order valence-corrected chi connectivity index (χ2v) is 6.89. The van der Waals surface area contributed by atoms with Gasteiger partial charge < -0.3 is 9.30 Å². The average molecular weight is 395 g/mol. The van der Waals surface area contributed by atoms with Crippen LogP contribution in [-0.4, -0.2) is 21.3 Å². The van der Waals surface area contributed by atoms with E-state index in [4.69, 9.17) is 4.74 Å². The lowest BCUT2D eigenvalue weighted by Gasteiger charge is -2.16. The second-order valence-electron chi connectivity index (χ2n) is 6.89. The van der Waals surface area contributed by atoms with E-state index < -0.39 is 11.6 Å². The molecular formula is C22H19F2N3O2. The molecule has 2 aromatic heterocycles. The number of nitrogens with zero attached hydrogens (tertiary/aromatic N) is 3. The fourth-order valence-corrected chi connectivity index (χ4v) is 3.77. The smallest absolute Gasteiger partial charge is 0.277 e. The molecule has 148 valence electrons. The molecule has 29 heavy (non-hydrogen) atoms. The molecule has 2 heterocycles. The highest BCUT2D eigenvalue weighted by Crippen LogP contribution is 2.33. The van der Waals surface area contributed by atoms with Crippen molar-refractivity contribution >= 4 is 5.65 Å². The monoisotopic (exact) mass is 395 g/mol. The first-order chi connectivity index (χ1) is 13.8. The lowest BCUT2D eigenvalue weighted by Crippen LogP contribution is -2.22. The maximum absolute atomic E-state index is 14.6. The number of fused-ring (bicyclic) bond motifs is 1. The maximum atomic E-state index is 14.6. The molecule has 0 atom stereocenters. The molecule has 2 aromatic carbocycles. The standard InChI is InChI=1S/C22H19F2N3O2/c1-12-20(14-6-5-7-16(10-14)29-4)26(3)21-19(13(2)25-27(21)22(12)28)17-9-8-15(23)11-18(17)24/h5-11H,1-4H3. The maximum Gasteiger partial charge on any atom is 0.277 e. The van der Waals surface area contributed by atoms with Gasteiger partial charge >= 0.3 is 0 Å². The van der Waals surface area contributed by atoms with Crippen molar-refractivity contribution in [2.75, 3.05) is 7.11 Å². The van der Waals surface area contributed by atoms with Gasteiger partial charge in [-0.15, -0.1) is 0 Å². The fourth-order valence-electron chi connectivity index (χ4n) is 3.77. The predicted octanol–water partition coefficient (Wildman–Crippen LogP) is 4.27. The second kappa shape index (κ2) is 6.84. The van der Waals surface area contributed by atoms with Crippen molar-refractivity contribution in [2.45, 2.75) is 13.8 Å². The molecule has 5 nitrogen and oxygen atoms in total. The van der Waals surface area contributed by atoms with Crippen LogP contribution in [0.15, 0.2) is 47.3 Å². The van der Waals surface area contributed by atoms with Crippen molar-refractivity contribution in [2.24, 2.45) is 7.05 Å². The van der Waals surface area contributed by atoms with Crippen LogP contribution in [0, 0.1) is 25.5 Å². The topological polar surface area (TPSA) is 48.5 Å². The summed E-state index contributed by atoms with van der Waals surface area (Å²) in [5.74, 6) is -0.718. The summed E-state index contributed by atoms with van der Waals surface area (Å²) < 4.78 is 36.4. The quantitative estimate of drug-likeness (QED) is 0.521. The number of aromatic nitrogens is 3. The van der Waals surface area contributed by atoms with Crippen LogP contribution in [0.4, 0.5) is 8.78 Å². The Morgan fingerprint density at radius 3 is 2.52 bits per heavy atom. The van der Waals surface area contributed by atoms with Crippen LogP contribution in [0.3, 0.4) is 0 Å². The summed E-state index contributed by atoms with van der Waals surface area (Å²) in [7, 11) is 3.37. The highest BCUT2D eigenvalue weighted by molar-refractivity contribution is 5.82. The summed E-state index contributed by atoms with van der Waals surface area (Å²) in [6, 6.07) is 10.7. The number of hydrogen-bond donors (Lipinski definition) is 0. The molecule has 0 spiro atoms. The zero-order chi connectivity index (χ0) is 20.9. The number of ether oxygens (including phenoxy) is 1. The van der Waals surface area contributed by atoms with Crippen molar-refractivity contribution in [3.8, 4) is 28.1 Å². The summed E-state index contributed by atoms with van der Waals surface area (Å²) in [6.07, 6.45) is 0. The van der Waals surface area contributed by atoms with Crippen LogP contribution in [0.5, 0.6) is 5.75 Å². The van der Waals surface area contributed by atoms with Gasteiger partial charge in [0.05, 0.1) is 24.1 Å². The van der Waals surface area contributed by atoms with Gasteiger partial charge in [0.25, 0.3) is 5.56 Å². The van der Waals surface area contributed by atoms with Crippen LogP contribution in [-0.2, 0) is 7.05 Å². The Morgan fingerprint density at radius 2 is 1.83 bits per heavy atom. The Morgan fingerprint density at radius 1 is 1.07 bits per heavy atom. The van der Waals surface area contributed by atoms with Crippen LogP contribution in [0.2, 0.25) is 0 Å². The molecule has 0 amide bonds. The molecule has 0 radical (unpaired) electrons. The average Bonchev–Trinajstić information content (AvgIpc) is 3.04. The van der Waals surface area contributed by atoms with Crippen molar-refractivity contribution in [1.29, 1.82) is 0 Å². The molecule has 4 aromatic rings. The molecule has 0 saturated heterocycles. The van der Waals surface area contributed by atoms with Gasteiger partial charge in [0.2, 0.25) is 0 Å². The van der Waals surface area contributed by atoms with Gasteiger partial charge in [0.15, 0.2) is 0 Å². The van der Waals surface area contributed by atoms with E-state index in [1.807, 2.05) is 28.8 Å². The normalized spacial score (nSPS) is 11.2. The molecule has 0 unspecified atom stereocenters. The molecule has 4 rings (SSSR count). The Kier molecular flexibility index (Phi) is 4.45. The van der Waals surface area contributed by atoms with Crippen molar-refractivity contribution in [1.82, 2.24) is 14.2 Å². The largest absolute Gasteiger partial charge is 0.497 e. The van der Waals surface area contributed by atoms with Gasteiger partial charge in [-0.2, -0.15) is 9.61 Å². The predicted molar refractivity (Wildman–Crippen MR) is 107 cm³/mol. The van der Waals surface area contributed by atoms with E-state index in [9.17, 15) is 13.6 Å². The Labute approximate surface area is 165 Å². The van der Waals surface area contributed by atoms with Crippen LogP contribution in [0.25, 0.3) is 28.0 Å². The number of methoxy groups -OCH3 is 1. The molecule has 0 aliphatic carbocycles. The third kappa shape index (κ3) is 2.90. The van der Waals surface area contributed by atoms with Crippen LogP contribution < -0.4 is 10.3 Å². The number of hydrogen-bond acceptors (Lipinski definition) is 3. The van der Waals surface area contributed by atoms with Gasteiger partial charge in [-0.1, -0.05) is 12.1 Å². The van der Waals surface area contributed by atoms with Crippen molar-refractivity contribution in [3.63, 3.8) is 0 Å². The first-order valence-corrected chi connectivity index (χ1v) is 9.02. The van der Waals surface area contributed by atoms with E-state index in [1.54, 1.807) is 28.0 Å². The number of benzene rings is 2. The van der Waals surface area contributed by atoms with Gasteiger partial charge in [-0.3, -0.25) is 4.79 Å². The molecule has 0 fully saturated rings. The summed E-state index contributed by atoms with van der Waals surface area (Å²) in [5.41, 5.74) is 3.21. The summed E-state index contributed by atoms with van der Waals surface area (Å²) >= 11 is 0. The van der Waals surface area contributed by atoms with Gasteiger partial charge in [-0.05, 0) is 38.1 Å². The number of rotatable bonds is 3. The molecule has 0 aliphatic heterocycles. The summed E-state index contributed by atoms with van der Waals surface area (Å²) in [6.45, 7) is 3.43. The van der Waals surface area contributed by atoms with E-state index in [-0.39, 0.29) is 11.1 Å². The molecule has 7 heteroatoms. The Balaban J connectivity index is 2.12. The highest BCUT2D eigenvalue weighted by Gasteiger charge is 2.22. The van der Waals surface area contributed by atoms with E-state index in [0.717, 1.165) is 11.6 Å². The van der Waals surface area contributed by atoms with Crippen molar-refractivity contribution < 1.29 is 13.5 Å². The fraction of sp³-hybridized carbons (Fsp3) is 0.182. The zero-order valence-electron chi connectivity index (χ0n) is 16.5. The van der Waals surface area contributed by atoms with E-state index >= 15 is 0 Å². The number of aryl methyl sites for hydroxylation is 2. The van der Waals surface area contributed by atoms with Gasteiger partial charge in [-0.25, -0.2) is 8.78 Å². The minimum absolute atomic E-state index is 0.189. The lowest BCUT2D eigenvalue weighted by atomic mass is 10.0. The van der Waals surface area contributed by atoms with E-state index in [0.29, 0.717) is 33.9 Å². The molecule has 0 bridgehead atoms. The zero-order valence-corrected chi connectivity index (χ0v) is 16.5. The lowest BCUT2D eigenvalue weighted by molar-refractivity contribution is 0.415. The molecule has 0 N–H and O–H groups in total. The van der Waals surface area contributed by atoms with Gasteiger partial charge in [0.1, 0.15) is 23.0 Å². The molecule has 0 saturated carbocycles. The first kappa shape index (κ1) is 18.9. The summed E-state index contributed by atoms with van der Waals surface area (Å²) in [5, 5.41) is 4.34. The SMILES string of the molecule is COc1cccc(-c2c(C)c(=O)n3nc(C)c(-c4ccc(F)cc4F)c3n2C)c1. The summed E-state index contributed by atoms with van der Waals surface area (Å²) in [4.78, 5) is 13.1. The van der Waals surface area contributed by atoms with Gasteiger partial charge in [0, 0.05) is 29.8 Å². The minimum Gasteiger partial charge on any atom is -0.497 e. The third-order valence-corrected chi connectivity index (χ3v) is 5.10. The Hall–Kier alpha value is -3.48. The van der Waals surface area contributed by atoms with E-state index in [1.165, 1.54) is 16.6 Å². The first-order valence-electron chi connectivity index (χ1n) is 9.02. The minimum atomic E-state index is -0.709.